The molecule has 0 radical (unpaired) electrons. The van der Waals surface area contributed by atoms with Gasteiger partial charge in [0.15, 0.2) is 0 Å². The van der Waals surface area contributed by atoms with Crippen molar-refractivity contribution in [3.05, 3.63) is 12.2 Å². The molecule has 13 heavy (non-hydrogen) atoms. The first-order chi connectivity index (χ1) is 6.04. The van der Waals surface area contributed by atoms with Crippen LogP contribution in [-0.4, -0.2) is 28.2 Å². The Labute approximate surface area is 75.9 Å². The number of carboxylic acid groups (broad SMARTS) is 2. The summed E-state index contributed by atoms with van der Waals surface area (Å²) in [7, 11) is 0. The molecule has 0 heterocycles. The fourth-order valence-corrected chi connectivity index (χ4v) is 0.668. The van der Waals surface area contributed by atoms with Crippen LogP contribution in [0.3, 0.4) is 0 Å². The molecule has 5 nitrogen and oxygen atoms in total. The number of hydrogen-bond acceptors (Lipinski definition) is 3. The molecule has 0 fully saturated rings. The maximum Gasteiger partial charge on any atom is 0.320 e. The minimum atomic E-state index is -1.05. The molecular weight excluding hydrogens is 174 g/mol. The van der Waals surface area contributed by atoms with Gasteiger partial charge in [0.2, 0.25) is 0 Å². The number of hydrogen-bond donors (Lipinski definition) is 3. The highest BCUT2D eigenvalue weighted by Gasteiger charge is 2.07. The van der Waals surface area contributed by atoms with E-state index in [9.17, 15) is 9.59 Å². The largest absolute Gasteiger partial charge is 0.481 e. The van der Waals surface area contributed by atoms with E-state index >= 15 is 0 Å². The Balaban J connectivity index is 3.52. The molecule has 4 N–H and O–H groups in total. The van der Waals surface area contributed by atoms with Gasteiger partial charge >= 0.3 is 11.9 Å². The summed E-state index contributed by atoms with van der Waals surface area (Å²) in [4.78, 5) is 20.3. The average Bonchev–Trinajstić information content (AvgIpc) is 2.02. The molecule has 0 aromatic rings. The van der Waals surface area contributed by atoms with E-state index in [1.165, 1.54) is 0 Å². The van der Waals surface area contributed by atoms with E-state index < -0.39 is 18.0 Å². The number of allylic oxidation sites excluding steroid dienone is 1. The highest BCUT2D eigenvalue weighted by molar-refractivity contribution is 5.73. The molecule has 0 rings (SSSR count). The molecular formula is C8H13NO4. The lowest BCUT2D eigenvalue weighted by molar-refractivity contribution is -0.138. The van der Waals surface area contributed by atoms with Gasteiger partial charge in [0, 0.05) is 6.42 Å². The van der Waals surface area contributed by atoms with Gasteiger partial charge in [0.05, 0.1) is 0 Å². The topological polar surface area (TPSA) is 101 Å². The number of aliphatic carboxylic acids is 2. The molecule has 0 aliphatic carbocycles. The summed E-state index contributed by atoms with van der Waals surface area (Å²) in [6.07, 6.45) is 3.90. The predicted molar refractivity (Wildman–Crippen MR) is 46.2 cm³/mol. The van der Waals surface area contributed by atoms with Gasteiger partial charge in [-0.05, 0) is 12.8 Å². The molecule has 0 aliphatic heterocycles. The van der Waals surface area contributed by atoms with Gasteiger partial charge in [-0.2, -0.15) is 0 Å². The van der Waals surface area contributed by atoms with Crippen LogP contribution in [-0.2, 0) is 9.59 Å². The van der Waals surface area contributed by atoms with E-state index in [1.807, 2.05) is 0 Å². The van der Waals surface area contributed by atoms with Crippen LogP contribution in [0.5, 0.6) is 0 Å². The van der Waals surface area contributed by atoms with Crippen molar-refractivity contribution in [1.82, 2.24) is 0 Å². The van der Waals surface area contributed by atoms with E-state index in [0.717, 1.165) is 0 Å². The monoisotopic (exact) mass is 187 g/mol. The Morgan fingerprint density at radius 1 is 1.31 bits per heavy atom. The zero-order valence-electron chi connectivity index (χ0n) is 7.14. The Kier molecular flexibility index (Phi) is 5.54. The molecule has 0 saturated carbocycles. The van der Waals surface area contributed by atoms with E-state index in [4.69, 9.17) is 15.9 Å². The van der Waals surface area contributed by atoms with Gasteiger partial charge in [0.25, 0.3) is 0 Å². The van der Waals surface area contributed by atoms with Gasteiger partial charge in [-0.15, -0.1) is 0 Å². The van der Waals surface area contributed by atoms with Gasteiger partial charge in [-0.25, -0.2) is 0 Å². The van der Waals surface area contributed by atoms with Crippen molar-refractivity contribution < 1.29 is 19.8 Å². The van der Waals surface area contributed by atoms with E-state index in [2.05, 4.69) is 0 Å². The van der Waals surface area contributed by atoms with Crippen LogP contribution in [0.25, 0.3) is 0 Å². The summed E-state index contributed by atoms with van der Waals surface area (Å²) in [5.74, 6) is -1.92. The van der Waals surface area contributed by atoms with Crippen LogP contribution < -0.4 is 5.73 Å². The minimum absolute atomic E-state index is 0.0544. The Morgan fingerprint density at radius 3 is 2.38 bits per heavy atom. The first-order valence-corrected chi connectivity index (χ1v) is 3.89. The lowest BCUT2D eigenvalue weighted by atomic mass is 10.2. The second-order valence-corrected chi connectivity index (χ2v) is 2.58. The maximum atomic E-state index is 10.2. The van der Waals surface area contributed by atoms with Crippen LogP contribution in [0.2, 0.25) is 0 Å². The van der Waals surface area contributed by atoms with Crippen LogP contribution in [0.1, 0.15) is 19.3 Å². The summed E-state index contributed by atoms with van der Waals surface area (Å²) >= 11 is 0. The molecule has 0 aromatic heterocycles. The van der Waals surface area contributed by atoms with Crippen molar-refractivity contribution in [2.24, 2.45) is 5.73 Å². The van der Waals surface area contributed by atoms with Crippen LogP contribution in [0.15, 0.2) is 12.2 Å². The van der Waals surface area contributed by atoms with E-state index in [1.54, 1.807) is 12.2 Å². The molecule has 5 heteroatoms. The van der Waals surface area contributed by atoms with E-state index in [0.29, 0.717) is 6.42 Å². The Bertz CT molecular complexity index is 212. The average molecular weight is 187 g/mol. The highest BCUT2D eigenvalue weighted by Crippen LogP contribution is 1.95. The van der Waals surface area contributed by atoms with Gasteiger partial charge in [0.1, 0.15) is 6.04 Å². The molecule has 74 valence electrons. The molecule has 0 amide bonds. The van der Waals surface area contributed by atoms with Crippen LogP contribution in [0.4, 0.5) is 0 Å². The first-order valence-electron chi connectivity index (χ1n) is 3.89. The molecule has 0 aromatic carbocycles. The fourth-order valence-electron chi connectivity index (χ4n) is 0.668. The Hall–Kier alpha value is -1.36. The molecule has 0 unspecified atom stereocenters. The van der Waals surface area contributed by atoms with Crippen molar-refractivity contribution in [3.8, 4) is 0 Å². The fraction of sp³-hybridized carbons (Fsp3) is 0.500. The van der Waals surface area contributed by atoms with Crippen molar-refractivity contribution >= 4 is 11.9 Å². The molecule has 0 bridgehead atoms. The second kappa shape index (κ2) is 6.19. The van der Waals surface area contributed by atoms with Crippen molar-refractivity contribution in [3.63, 3.8) is 0 Å². The van der Waals surface area contributed by atoms with Crippen molar-refractivity contribution in [2.75, 3.05) is 0 Å². The standard InChI is InChI=1S/C8H13NO4/c9-6(8(12)13)4-2-1-3-5-7(10)11/h1-2,6H,3-5,9H2,(H,10,11)(H,12,13)/b2-1-/t6-/m0/s1. The van der Waals surface area contributed by atoms with Gasteiger partial charge in [-0.1, -0.05) is 12.2 Å². The summed E-state index contributed by atoms with van der Waals surface area (Å²) in [6.45, 7) is 0. The zero-order valence-corrected chi connectivity index (χ0v) is 7.14. The third-order valence-electron chi connectivity index (χ3n) is 1.40. The third kappa shape index (κ3) is 7.02. The third-order valence-corrected chi connectivity index (χ3v) is 1.40. The first kappa shape index (κ1) is 11.6. The number of nitrogens with two attached hydrogens (primary N) is 1. The molecule has 1 atom stereocenters. The van der Waals surface area contributed by atoms with Crippen LogP contribution >= 0.6 is 0 Å². The smallest absolute Gasteiger partial charge is 0.320 e. The predicted octanol–water partition coefficient (Wildman–Crippen LogP) is 0.209. The maximum absolute atomic E-state index is 10.2. The number of rotatable bonds is 6. The number of carboxylic acids is 2. The molecule has 0 saturated heterocycles. The highest BCUT2D eigenvalue weighted by atomic mass is 16.4. The number of carbonyl (C=O) groups is 2. The zero-order chi connectivity index (χ0) is 10.3. The lowest BCUT2D eigenvalue weighted by Crippen LogP contribution is -2.29. The SMILES string of the molecule is N[C@@H](C/C=C\CCC(=O)O)C(=O)O. The lowest BCUT2D eigenvalue weighted by Gasteiger charge is -1.99. The summed E-state index contributed by atoms with van der Waals surface area (Å²) in [5, 5.41) is 16.6. The summed E-state index contributed by atoms with van der Waals surface area (Å²) in [6, 6.07) is -0.902. The summed E-state index contributed by atoms with van der Waals surface area (Å²) in [5.41, 5.74) is 5.19. The minimum Gasteiger partial charge on any atom is -0.481 e. The van der Waals surface area contributed by atoms with E-state index in [-0.39, 0.29) is 12.8 Å². The Morgan fingerprint density at radius 2 is 1.92 bits per heavy atom. The van der Waals surface area contributed by atoms with Crippen molar-refractivity contribution in [2.45, 2.75) is 25.3 Å². The van der Waals surface area contributed by atoms with Gasteiger partial charge < -0.3 is 15.9 Å². The second-order valence-electron chi connectivity index (χ2n) is 2.58. The summed E-state index contributed by atoms with van der Waals surface area (Å²) < 4.78 is 0. The van der Waals surface area contributed by atoms with Crippen molar-refractivity contribution in [1.29, 1.82) is 0 Å². The van der Waals surface area contributed by atoms with Crippen LogP contribution in [0, 0.1) is 0 Å². The molecule has 0 aliphatic rings. The quantitative estimate of drug-likeness (QED) is 0.516. The normalized spacial score (nSPS) is 13.0. The molecule has 0 spiro atoms. The van der Waals surface area contributed by atoms with Gasteiger partial charge in [-0.3, -0.25) is 9.59 Å².